The van der Waals surface area contributed by atoms with E-state index in [1.807, 2.05) is 0 Å². The molecule has 1 fully saturated rings. The van der Waals surface area contributed by atoms with Crippen LogP contribution in [0, 0.1) is 5.92 Å². The van der Waals surface area contributed by atoms with Crippen molar-refractivity contribution >= 4 is 23.5 Å². The lowest BCUT2D eigenvalue weighted by Crippen LogP contribution is -2.35. The summed E-state index contributed by atoms with van der Waals surface area (Å²) < 4.78 is 0.450. The maximum Gasteiger partial charge on any atom is 0.0645 e. The van der Waals surface area contributed by atoms with Gasteiger partial charge in [-0.25, -0.2) is 0 Å². The number of nitrogens with zero attached hydrogens (tertiary/aromatic N) is 1. The van der Waals surface area contributed by atoms with Crippen molar-refractivity contribution in [3.63, 3.8) is 0 Å². The standard InChI is InChI=1S/C13H23NS2/c1-13(15-9-4-10-16-13)11-5-7-12(8-6-11)14(2)3/h5,7,11-12H,4,6,8-10H2,1-3H3. The Morgan fingerprint density at radius 2 is 1.81 bits per heavy atom. The lowest BCUT2D eigenvalue weighted by atomic mass is 9.90. The Bertz CT molecular complexity index is 257. The highest BCUT2D eigenvalue weighted by atomic mass is 32.2. The quantitative estimate of drug-likeness (QED) is 0.697. The second-order valence-corrected chi connectivity index (χ2v) is 8.51. The fourth-order valence-corrected chi connectivity index (χ4v) is 5.76. The highest BCUT2D eigenvalue weighted by Gasteiger charge is 2.37. The van der Waals surface area contributed by atoms with E-state index in [0.29, 0.717) is 10.1 Å². The fraction of sp³-hybridized carbons (Fsp3) is 0.846. The van der Waals surface area contributed by atoms with Gasteiger partial charge in [-0.3, -0.25) is 0 Å². The third-order valence-electron chi connectivity index (χ3n) is 3.74. The number of thioether (sulfide) groups is 2. The molecule has 2 aliphatic rings. The monoisotopic (exact) mass is 257 g/mol. The zero-order chi connectivity index (χ0) is 11.6. The van der Waals surface area contributed by atoms with Crippen LogP contribution in [0.2, 0.25) is 0 Å². The van der Waals surface area contributed by atoms with Gasteiger partial charge < -0.3 is 4.90 Å². The van der Waals surface area contributed by atoms with Crippen LogP contribution in [-0.2, 0) is 0 Å². The van der Waals surface area contributed by atoms with Crippen LogP contribution in [0.25, 0.3) is 0 Å². The SMILES string of the molecule is CN(C)C1C=CC(C2(C)SCCCS2)CC1. The predicted octanol–water partition coefficient (Wildman–Crippen LogP) is 3.47. The molecule has 0 spiro atoms. The van der Waals surface area contributed by atoms with Crippen molar-refractivity contribution in [3.05, 3.63) is 12.2 Å². The molecule has 0 saturated carbocycles. The largest absolute Gasteiger partial charge is 0.303 e. The van der Waals surface area contributed by atoms with Gasteiger partial charge in [-0.1, -0.05) is 12.2 Å². The van der Waals surface area contributed by atoms with Gasteiger partial charge >= 0.3 is 0 Å². The number of likely N-dealkylation sites (N-methyl/N-ethyl adjacent to an activating group) is 1. The molecule has 0 aromatic carbocycles. The van der Waals surface area contributed by atoms with Gasteiger partial charge in [-0.15, -0.1) is 23.5 Å². The van der Waals surface area contributed by atoms with Crippen molar-refractivity contribution < 1.29 is 0 Å². The van der Waals surface area contributed by atoms with Crippen molar-refractivity contribution in [1.82, 2.24) is 4.90 Å². The average Bonchev–Trinajstić information content (AvgIpc) is 2.30. The lowest BCUT2D eigenvalue weighted by molar-refractivity contribution is 0.297. The summed E-state index contributed by atoms with van der Waals surface area (Å²) in [6, 6.07) is 0.665. The minimum absolute atomic E-state index is 0.450. The number of rotatable bonds is 2. The molecule has 2 atom stereocenters. The van der Waals surface area contributed by atoms with Crippen LogP contribution in [0.3, 0.4) is 0 Å². The van der Waals surface area contributed by atoms with Gasteiger partial charge in [-0.05, 0) is 51.8 Å². The molecule has 0 N–H and O–H groups in total. The first-order chi connectivity index (χ1) is 7.62. The van der Waals surface area contributed by atoms with Crippen molar-refractivity contribution in [1.29, 1.82) is 0 Å². The first-order valence-corrected chi connectivity index (χ1v) is 8.21. The Morgan fingerprint density at radius 1 is 1.12 bits per heavy atom. The van der Waals surface area contributed by atoms with Crippen molar-refractivity contribution in [2.24, 2.45) is 5.92 Å². The molecule has 1 aliphatic carbocycles. The Hall–Kier alpha value is 0.400. The van der Waals surface area contributed by atoms with Gasteiger partial charge in [0.25, 0.3) is 0 Å². The molecule has 0 aromatic heterocycles. The van der Waals surface area contributed by atoms with Crippen LogP contribution in [0.5, 0.6) is 0 Å². The molecule has 0 bridgehead atoms. The highest BCUT2D eigenvalue weighted by molar-refractivity contribution is 8.18. The molecule has 1 heterocycles. The summed E-state index contributed by atoms with van der Waals surface area (Å²) >= 11 is 4.36. The second-order valence-electron chi connectivity index (χ2n) is 5.17. The number of hydrogen-bond acceptors (Lipinski definition) is 3. The third kappa shape index (κ3) is 2.80. The molecule has 92 valence electrons. The van der Waals surface area contributed by atoms with Gasteiger partial charge in [-0.2, -0.15) is 0 Å². The molecule has 0 aromatic rings. The van der Waals surface area contributed by atoms with Gasteiger partial charge in [0.15, 0.2) is 0 Å². The van der Waals surface area contributed by atoms with E-state index in [9.17, 15) is 0 Å². The van der Waals surface area contributed by atoms with E-state index < -0.39 is 0 Å². The van der Waals surface area contributed by atoms with Gasteiger partial charge in [0.1, 0.15) is 0 Å². The molecular formula is C13H23NS2. The van der Waals surface area contributed by atoms with E-state index in [-0.39, 0.29) is 0 Å². The highest BCUT2D eigenvalue weighted by Crippen LogP contribution is 2.50. The van der Waals surface area contributed by atoms with E-state index >= 15 is 0 Å². The normalized spacial score (nSPS) is 34.2. The van der Waals surface area contributed by atoms with Crippen LogP contribution in [0.4, 0.5) is 0 Å². The Morgan fingerprint density at radius 3 is 2.31 bits per heavy atom. The van der Waals surface area contributed by atoms with E-state index in [0.717, 1.165) is 5.92 Å². The molecule has 16 heavy (non-hydrogen) atoms. The Kier molecular flexibility index (Phi) is 4.31. The number of allylic oxidation sites excluding steroid dienone is 1. The summed E-state index contributed by atoms with van der Waals surface area (Å²) in [6.45, 7) is 2.45. The van der Waals surface area contributed by atoms with Gasteiger partial charge in [0.2, 0.25) is 0 Å². The van der Waals surface area contributed by atoms with E-state index in [1.165, 1.54) is 30.8 Å². The summed E-state index contributed by atoms with van der Waals surface area (Å²) in [4.78, 5) is 2.33. The average molecular weight is 257 g/mol. The zero-order valence-electron chi connectivity index (χ0n) is 10.6. The zero-order valence-corrected chi connectivity index (χ0v) is 12.2. The molecule has 3 heteroatoms. The molecule has 1 saturated heterocycles. The first-order valence-electron chi connectivity index (χ1n) is 6.24. The third-order valence-corrected chi connectivity index (χ3v) is 7.19. The van der Waals surface area contributed by atoms with Crippen LogP contribution in [0.15, 0.2) is 12.2 Å². The topological polar surface area (TPSA) is 3.24 Å². The fourth-order valence-electron chi connectivity index (χ4n) is 2.54. The summed E-state index contributed by atoms with van der Waals surface area (Å²) in [5.74, 6) is 3.48. The summed E-state index contributed by atoms with van der Waals surface area (Å²) in [5, 5.41) is 0. The van der Waals surface area contributed by atoms with Crippen LogP contribution < -0.4 is 0 Å². The van der Waals surface area contributed by atoms with E-state index in [2.05, 4.69) is 61.6 Å². The molecule has 2 unspecified atom stereocenters. The van der Waals surface area contributed by atoms with Crippen molar-refractivity contribution in [2.45, 2.75) is 36.3 Å². The first kappa shape index (κ1) is 12.8. The van der Waals surface area contributed by atoms with Gasteiger partial charge in [0, 0.05) is 12.0 Å². The molecule has 1 aliphatic heterocycles. The maximum atomic E-state index is 2.49. The predicted molar refractivity (Wildman–Crippen MR) is 77.3 cm³/mol. The molecule has 0 amide bonds. The second kappa shape index (κ2) is 5.36. The minimum Gasteiger partial charge on any atom is -0.303 e. The van der Waals surface area contributed by atoms with Crippen molar-refractivity contribution in [3.8, 4) is 0 Å². The summed E-state index contributed by atoms with van der Waals surface area (Å²) in [6.07, 6.45) is 8.98. The Labute approximate surface area is 108 Å². The van der Waals surface area contributed by atoms with E-state index in [1.54, 1.807) is 0 Å². The van der Waals surface area contributed by atoms with Crippen LogP contribution >= 0.6 is 23.5 Å². The lowest BCUT2D eigenvalue weighted by Gasteiger charge is -2.41. The summed E-state index contributed by atoms with van der Waals surface area (Å²) in [5.41, 5.74) is 0. The summed E-state index contributed by atoms with van der Waals surface area (Å²) in [7, 11) is 4.36. The smallest absolute Gasteiger partial charge is 0.0645 e. The van der Waals surface area contributed by atoms with Crippen molar-refractivity contribution in [2.75, 3.05) is 25.6 Å². The minimum atomic E-state index is 0.450. The molecule has 0 radical (unpaired) electrons. The van der Waals surface area contributed by atoms with Crippen LogP contribution in [0.1, 0.15) is 26.2 Å². The molecule has 1 nitrogen and oxygen atoms in total. The Balaban J connectivity index is 1.99. The number of hydrogen-bond donors (Lipinski definition) is 0. The molecular weight excluding hydrogens is 234 g/mol. The van der Waals surface area contributed by atoms with Crippen LogP contribution in [-0.4, -0.2) is 40.6 Å². The maximum absolute atomic E-state index is 2.49. The van der Waals surface area contributed by atoms with Gasteiger partial charge in [0.05, 0.1) is 4.08 Å². The van der Waals surface area contributed by atoms with E-state index in [4.69, 9.17) is 0 Å². The molecule has 2 rings (SSSR count).